The Morgan fingerprint density at radius 1 is 1.14 bits per heavy atom. The van der Waals surface area contributed by atoms with Gasteiger partial charge in [-0.3, -0.25) is 14.7 Å². The Balaban J connectivity index is 1.42. The standard InChI is InChI=1S/C23H29N3O2/c27-21(10-9-20-7-4-6-19-8-5-13-24-22(19)20)25-18-23(11-2-1-3-12-23)26-14-16-28-17-15-26/h4-10,13H,1-3,11-12,14-18H2,(H,25,27)/b10-9+. The van der Waals surface area contributed by atoms with E-state index in [0.717, 1.165) is 55.6 Å². The smallest absolute Gasteiger partial charge is 0.244 e. The first-order valence-corrected chi connectivity index (χ1v) is 10.4. The molecular formula is C23H29N3O2. The molecule has 4 rings (SSSR count). The Morgan fingerprint density at radius 3 is 2.75 bits per heavy atom. The van der Waals surface area contributed by atoms with Crippen LogP contribution in [0.3, 0.4) is 0 Å². The van der Waals surface area contributed by atoms with Gasteiger partial charge in [0.25, 0.3) is 0 Å². The summed E-state index contributed by atoms with van der Waals surface area (Å²) in [7, 11) is 0. The van der Waals surface area contributed by atoms with Gasteiger partial charge in [-0.1, -0.05) is 43.5 Å². The van der Waals surface area contributed by atoms with E-state index in [1.807, 2.05) is 36.4 Å². The summed E-state index contributed by atoms with van der Waals surface area (Å²) < 4.78 is 5.54. The first-order valence-electron chi connectivity index (χ1n) is 10.4. The molecule has 1 aliphatic carbocycles. The van der Waals surface area contributed by atoms with Gasteiger partial charge in [0.05, 0.1) is 18.7 Å². The van der Waals surface area contributed by atoms with Gasteiger partial charge in [-0.2, -0.15) is 0 Å². The van der Waals surface area contributed by atoms with Crippen molar-refractivity contribution in [1.82, 2.24) is 15.2 Å². The zero-order chi connectivity index (χ0) is 19.2. The van der Waals surface area contributed by atoms with E-state index >= 15 is 0 Å². The van der Waals surface area contributed by atoms with Crippen LogP contribution in [-0.4, -0.2) is 54.2 Å². The molecule has 0 bridgehead atoms. The van der Waals surface area contributed by atoms with Gasteiger partial charge in [-0.05, 0) is 25.0 Å². The summed E-state index contributed by atoms with van der Waals surface area (Å²) >= 11 is 0. The van der Waals surface area contributed by atoms with Crippen LogP contribution < -0.4 is 5.32 Å². The molecule has 0 spiro atoms. The van der Waals surface area contributed by atoms with Crippen molar-refractivity contribution in [3.8, 4) is 0 Å². The number of pyridine rings is 1. The van der Waals surface area contributed by atoms with Crippen LogP contribution in [0.2, 0.25) is 0 Å². The molecule has 1 saturated carbocycles. The van der Waals surface area contributed by atoms with Crippen molar-refractivity contribution in [2.24, 2.45) is 0 Å². The summed E-state index contributed by atoms with van der Waals surface area (Å²) in [5.41, 5.74) is 1.98. The lowest BCUT2D eigenvalue weighted by Gasteiger charge is -2.48. The van der Waals surface area contributed by atoms with Crippen LogP contribution in [0.5, 0.6) is 0 Å². The number of carbonyl (C=O) groups is 1. The molecule has 5 heteroatoms. The van der Waals surface area contributed by atoms with Gasteiger partial charge in [0, 0.05) is 48.4 Å². The molecule has 28 heavy (non-hydrogen) atoms. The molecule has 2 heterocycles. The van der Waals surface area contributed by atoms with E-state index in [9.17, 15) is 4.79 Å². The summed E-state index contributed by atoms with van der Waals surface area (Å²) in [5.74, 6) is -0.0360. The van der Waals surface area contributed by atoms with Gasteiger partial charge in [0.1, 0.15) is 0 Å². The molecule has 1 aromatic carbocycles. The molecule has 1 amide bonds. The minimum atomic E-state index is -0.0360. The summed E-state index contributed by atoms with van der Waals surface area (Å²) in [6, 6.07) is 9.99. The molecule has 1 aromatic heterocycles. The van der Waals surface area contributed by atoms with Crippen LogP contribution >= 0.6 is 0 Å². The third kappa shape index (κ3) is 4.26. The summed E-state index contributed by atoms with van der Waals surface area (Å²) in [6.45, 7) is 4.23. The second kappa shape index (κ2) is 8.84. The maximum Gasteiger partial charge on any atom is 0.244 e. The second-order valence-corrected chi connectivity index (χ2v) is 7.86. The maximum atomic E-state index is 12.6. The van der Waals surface area contributed by atoms with Gasteiger partial charge >= 0.3 is 0 Å². The highest BCUT2D eigenvalue weighted by Crippen LogP contribution is 2.33. The van der Waals surface area contributed by atoms with E-state index in [1.165, 1.54) is 19.3 Å². The Kier molecular flexibility index (Phi) is 6.03. The zero-order valence-electron chi connectivity index (χ0n) is 16.4. The lowest BCUT2D eigenvalue weighted by Crippen LogP contribution is -2.59. The number of benzene rings is 1. The largest absolute Gasteiger partial charge is 0.379 e. The van der Waals surface area contributed by atoms with Crippen LogP contribution in [0.4, 0.5) is 0 Å². The minimum Gasteiger partial charge on any atom is -0.379 e. The normalized spacial score (nSPS) is 20.4. The molecular weight excluding hydrogens is 350 g/mol. The fourth-order valence-corrected chi connectivity index (χ4v) is 4.59. The zero-order valence-corrected chi connectivity index (χ0v) is 16.4. The molecule has 1 saturated heterocycles. The van der Waals surface area contributed by atoms with Crippen molar-refractivity contribution >= 4 is 22.9 Å². The third-order valence-corrected chi connectivity index (χ3v) is 6.14. The average molecular weight is 380 g/mol. The minimum absolute atomic E-state index is 0.0360. The highest BCUT2D eigenvalue weighted by molar-refractivity contribution is 5.95. The first kappa shape index (κ1) is 19.1. The number of carbonyl (C=O) groups excluding carboxylic acids is 1. The Hall–Kier alpha value is -2.24. The van der Waals surface area contributed by atoms with Crippen LogP contribution in [-0.2, 0) is 9.53 Å². The molecule has 2 aliphatic rings. The number of amides is 1. The molecule has 0 atom stereocenters. The molecule has 148 valence electrons. The van der Waals surface area contributed by atoms with E-state index in [-0.39, 0.29) is 11.4 Å². The Bertz CT molecular complexity index is 831. The van der Waals surface area contributed by atoms with E-state index in [1.54, 1.807) is 12.3 Å². The number of nitrogens with zero attached hydrogens (tertiary/aromatic N) is 2. The summed E-state index contributed by atoms with van der Waals surface area (Å²) in [6.07, 6.45) is 11.4. The van der Waals surface area contributed by atoms with Gasteiger partial charge < -0.3 is 10.1 Å². The third-order valence-electron chi connectivity index (χ3n) is 6.14. The van der Waals surface area contributed by atoms with Crippen molar-refractivity contribution in [3.63, 3.8) is 0 Å². The summed E-state index contributed by atoms with van der Waals surface area (Å²) in [4.78, 5) is 19.6. The number of para-hydroxylation sites is 1. The fraction of sp³-hybridized carbons (Fsp3) is 0.478. The van der Waals surface area contributed by atoms with Crippen LogP contribution in [0.25, 0.3) is 17.0 Å². The Morgan fingerprint density at radius 2 is 1.93 bits per heavy atom. The molecule has 0 radical (unpaired) electrons. The molecule has 0 unspecified atom stereocenters. The van der Waals surface area contributed by atoms with Crippen molar-refractivity contribution in [2.45, 2.75) is 37.6 Å². The predicted molar refractivity (Wildman–Crippen MR) is 112 cm³/mol. The van der Waals surface area contributed by atoms with E-state index in [4.69, 9.17) is 4.74 Å². The number of hydrogen-bond acceptors (Lipinski definition) is 4. The highest BCUT2D eigenvalue weighted by atomic mass is 16.5. The number of hydrogen-bond donors (Lipinski definition) is 1. The molecule has 1 N–H and O–H groups in total. The monoisotopic (exact) mass is 379 g/mol. The van der Waals surface area contributed by atoms with Crippen LogP contribution in [0.15, 0.2) is 42.6 Å². The van der Waals surface area contributed by atoms with Crippen molar-refractivity contribution in [3.05, 3.63) is 48.2 Å². The Labute approximate surface area is 166 Å². The van der Waals surface area contributed by atoms with E-state index in [2.05, 4.69) is 15.2 Å². The topological polar surface area (TPSA) is 54.5 Å². The van der Waals surface area contributed by atoms with Crippen molar-refractivity contribution in [2.75, 3.05) is 32.8 Å². The van der Waals surface area contributed by atoms with E-state index < -0.39 is 0 Å². The average Bonchev–Trinajstić information content (AvgIpc) is 2.77. The SMILES string of the molecule is O=C(/C=C/c1cccc2cccnc12)NCC1(N2CCOCC2)CCCCC1. The number of morpholine rings is 1. The van der Waals surface area contributed by atoms with Gasteiger partial charge in [0.2, 0.25) is 5.91 Å². The van der Waals surface area contributed by atoms with E-state index in [0.29, 0.717) is 6.54 Å². The summed E-state index contributed by atoms with van der Waals surface area (Å²) in [5, 5.41) is 4.26. The molecule has 2 aromatic rings. The molecule has 2 fully saturated rings. The van der Waals surface area contributed by atoms with Crippen LogP contribution in [0.1, 0.15) is 37.7 Å². The first-order chi connectivity index (χ1) is 13.8. The number of aromatic nitrogens is 1. The lowest BCUT2D eigenvalue weighted by molar-refractivity contribution is -0.117. The molecule has 5 nitrogen and oxygen atoms in total. The maximum absolute atomic E-state index is 12.6. The molecule has 1 aliphatic heterocycles. The number of rotatable bonds is 5. The number of ether oxygens (including phenoxy) is 1. The quantitative estimate of drug-likeness (QED) is 0.809. The second-order valence-electron chi connectivity index (χ2n) is 7.86. The van der Waals surface area contributed by atoms with Crippen molar-refractivity contribution in [1.29, 1.82) is 0 Å². The highest BCUT2D eigenvalue weighted by Gasteiger charge is 2.38. The van der Waals surface area contributed by atoms with Gasteiger partial charge in [-0.25, -0.2) is 0 Å². The van der Waals surface area contributed by atoms with Crippen molar-refractivity contribution < 1.29 is 9.53 Å². The predicted octanol–water partition coefficient (Wildman–Crippen LogP) is 3.40. The van der Waals surface area contributed by atoms with Gasteiger partial charge in [-0.15, -0.1) is 0 Å². The van der Waals surface area contributed by atoms with Gasteiger partial charge in [0.15, 0.2) is 0 Å². The number of nitrogens with one attached hydrogen (secondary N) is 1. The number of fused-ring (bicyclic) bond motifs is 1. The van der Waals surface area contributed by atoms with Crippen LogP contribution in [0, 0.1) is 0 Å². The lowest BCUT2D eigenvalue weighted by atomic mass is 9.79. The fourth-order valence-electron chi connectivity index (χ4n) is 4.59.